The van der Waals surface area contributed by atoms with E-state index in [0.29, 0.717) is 17.6 Å². The molecule has 0 unspecified atom stereocenters. The topological polar surface area (TPSA) is 68.4 Å². The van der Waals surface area contributed by atoms with Crippen molar-refractivity contribution >= 4 is 0 Å². The molecule has 128 valence electrons. The lowest BCUT2D eigenvalue weighted by molar-refractivity contribution is 0.0936. The van der Waals surface area contributed by atoms with Crippen molar-refractivity contribution in [2.24, 2.45) is 0 Å². The van der Waals surface area contributed by atoms with Gasteiger partial charge in [0, 0.05) is 23.9 Å². The molecular formula is C20H20N2O3. The maximum atomic E-state index is 9.23. The normalized spacial score (nSPS) is 19.4. The first-order valence-corrected chi connectivity index (χ1v) is 8.59. The summed E-state index contributed by atoms with van der Waals surface area (Å²) in [6, 6.07) is 14.0. The fourth-order valence-corrected chi connectivity index (χ4v) is 3.13. The number of hydrogen-bond donors (Lipinski definition) is 1. The molecular weight excluding hydrogens is 316 g/mol. The zero-order chi connectivity index (χ0) is 17.2. The van der Waals surface area contributed by atoms with Gasteiger partial charge in [-0.15, -0.1) is 0 Å². The fourth-order valence-electron chi connectivity index (χ4n) is 3.13. The van der Waals surface area contributed by atoms with Crippen LogP contribution in [0.3, 0.4) is 0 Å². The van der Waals surface area contributed by atoms with Crippen molar-refractivity contribution in [3.63, 3.8) is 0 Å². The summed E-state index contributed by atoms with van der Waals surface area (Å²) in [5.74, 6) is 1.53. The summed E-state index contributed by atoms with van der Waals surface area (Å²) in [6.45, 7) is 2.17. The highest BCUT2D eigenvalue weighted by Gasteiger charge is 2.32. The summed E-state index contributed by atoms with van der Waals surface area (Å²) in [5, 5.41) is 12.7. The van der Waals surface area contributed by atoms with Crippen LogP contribution in [-0.2, 0) is 6.42 Å². The van der Waals surface area contributed by atoms with Gasteiger partial charge in [0.05, 0.1) is 0 Å². The van der Waals surface area contributed by atoms with Crippen molar-refractivity contribution in [2.45, 2.75) is 38.2 Å². The zero-order valence-corrected chi connectivity index (χ0v) is 14.1. The second-order valence-electron chi connectivity index (χ2n) is 6.44. The van der Waals surface area contributed by atoms with Crippen LogP contribution in [0.1, 0.15) is 36.8 Å². The maximum Gasteiger partial charge on any atom is 0.252 e. The van der Waals surface area contributed by atoms with Crippen LogP contribution in [0.4, 0.5) is 0 Å². The van der Waals surface area contributed by atoms with Gasteiger partial charge in [-0.25, -0.2) is 4.98 Å². The molecule has 5 nitrogen and oxygen atoms in total. The second-order valence-corrected chi connectivity index (χ2v) is 6.44. The molecule has 1 aliphatic carbocycles. The van der Waals surface area contributed by atoms with Crippen molar-refractivity contribution in [3.05, 3.63) is 59.8 Å². The van der Waals surface area contributed by atoms with Gasteiger partial charge in [-0.2, -0.15) is 0 Å². The average Bonchev–Trinajstić information content (AvgIpc) is 3.05. The molecule has 0 spiro atoms. The van der Waals surface area contributed by atoms with Crippen LogP contribution in [-0.4, -0.2) is 21.4 Å². The molecule has 2 aromatic heterocycles. The molecule has 0 amide bonds. The molecule has 0 saturated heterocycles. The third-order valence-electron chi connectivity index (χ3n) is 4.76. The van der Waals surface area contributed by atoms with Crippen molar-refractivity contribution < 1.29 is 14.4 Å². The molecule has 1 N–H and O–H groups in total. The number of nitrogens with zero attached hydrogens (tertiary/aromatic N) is 2. The van der Waals surface area contributed by atoms with E-state index in [2.05, 4.69) is 41.3 Å². The Kier molecular flexibility index (Phi) is 4.14. The third kappa shape index (κ3) is 3.36. The Morgan fingerprint density at radius 2 is 1.96 bits per heavy atom. The van der Waals surface area contributed by atoms with Gasteiger partial charge < -0.3 is 14.4 Å². The monoisotopic (exact) mass is 336 g/mol. The molecule has 1 aromatic carbocycles. The van der Waals surface area contributed by atoms with Crippen molar-refractivity contribution in [3.8, 4) is 23.1 Å². The minimum atomic E-state index is -0.136. The summed E-state index contributed by atoms with van der Waals surface area (Å²) in [4.78, 5) is 4.31. The summed E-state index contributed by atoms with van der Waals surface area (Å²) in [7, 11) is 0. The molecule has 0 bridgehead atoms. The molecule has 1 aliphatic rings. The van der Waals surface area contributed by atoms with Gasteiger partial charge in [0.2, 0.25) is 5.88 Å². The minimum Gasteiger partial charge on any atom is -0.491 e. The van der Waals surface area contributed by atoms with E-state index in [0.717, 1.165) is 24.8 Å². The van der Waals surface area contributed by atoms with Crippen LogP contribution < -0.4 is 4.74 Å². The molecule has 0 aliphatic heterocycles. The SMILES string of the molecule is CCc1ccc(C2CC(Oc3ccc(-c4cc(O)no4)cn3)C2)cc1. The van der Waals surface area contributed by atoms with E-state index in [-0.39, 0.29) is 12.0 Å². The van der Waals surface area contributed by atoms with Crippen LogP contribution in [0.15, 0.2) is 53.2 Å². The van der Waals surface area contributed by atoms with Crippen LogP contribution in [0.25, 0.3) is 11.3 Å². The van der Waals surface area contributed by atoms with Gasteiger partial charge in [-0.05, 0) is 47.5 Å². The van der Waals surface area contributed by atoms with Gasteiger partial charge >= 0.3 is 0 Å². The van der Waals surface area contributed by atoms with Crippen LogP contribution in [0, 0.1) is 0 Å². The molecule has 5 heteroatoms. The second kappa shape index (κ2) is 6.59. The van der Waals surface area contributed by atoms with E-state index in [1.807, 2.05) is 12.1 Å². The van der Waals surface area contributed by atoms with Gasteiger partial charge in [-0.1, -0.05) is 31.2 Å². The largest absolute Gasteiger partial charge is 0.491 e. The Labute approximate surface area is 146 Å². The van der Waals surface area contributed by atoms with Crippen molar-refractivity contribution in [1.29, 1.82) is 0 Å². The molecule has 1 fully saturated rings. The summed E-state index contributed by atoms with van der Waals surface area (Å²) < 4.78 is 10.9. The van der Waals surface area contributed by atoms with Crippen LogP contribution in [0.2, 0.25) is 0 Å². The number of aryl methyl sites for hydroxylation is 1. The number of aromatic nitrogens is 2. The Hall–Kier alpha value is -2.82. The molecule has 4 rings (SSSR count). The van der Waals surface area contributed by atoms with E-state index < -0.39 is 0 Å². The lowest BCUT2D eigenvalue weighted by Crippen LogP contribution is -2.32. The lowest BCUT2D eigenvalue weighted by Gasteiger charge is -2.35. The number of ether oxygens (including phenoxy) is 1. The molecule has 25 heavy (non-hydrogen) atoms. The zero-order valence-electron chi connectivity index (χ0n) is 14.1. The molecule has 0 radical (unpaired) electrons. The van der Waals surface area contributed by atoms with E-state index in [9.17, 15) is 5.11 Å². The first-order chi connectivity index (χ1) is 12.2. The maximum absolute atomic E-state index is 9.23. The summed E-state index contributed by atoms with van der Waals surface area (Å²) in [6.07, 6.45) is 4.99. The summed E-state index contributed by atoms with van der Waals surface area (Å²) >= 11 is 0. The standard InChI is InChI=1S/C20H20N2O3/c1-2-13-3-5-14(6-4-13)16-9-17(10-16)24-20-8-7-15(12-21-20)18-11-19(23)22-25-18/h3-8,11-12,16-17H,2,9-10H2,1H3,(H,22,23). The Balaban J connectivity index is 1.33. The fraction of sp³-hybridized carbons (Fsp3) is 0.300. The van der Waals surface area contributed by atoms with E-state index >= 15 is 0 Å². The number of rotatable bonds is 5. The van der Waals surface area contributed by atoms with Gasteiger partial charge in [0.15, 0.2) is 5.76 Å². The molecule has 3 aromatic rings. The number of benzene rings is 1. The molecule has 0 atom stereocenters. The highest BCUT2D eigenvalue weighted by Crippen LogP contribution is 2.39. The summed E-state index contributed by atoms with van der Waals surface area (Å²) in [5.41, 5.74) is 3.52. The molecule has 1 saturated carbocycles. The van der Waals surface area contributed by atoms with E-state index in [1.54, 1.807) is 6.20 Å². The minimum absolute atomic E-state index is 0.136. The predicted octanol–water partition coefficient (Wildman–Crippen LogP) is 4.33. The number of pyridine rings is 1. The Bertz CT molecular complexity index is 834. The first kappa shape index (κ1) is 15.7. The van der Waals surface area contributed by atoms with Crippen LogP contribution >= 0.6 is 0 Å². The van der Waals surface area contributed by atoms with E-state index in [4.69, 9.17) is 9.26 Å². The number of aromatic hydroxyl groups is 1. The average molecular weight is 336 g/mol. The predicted molar refractivity (Wildman–Crippen MR) is 93.6 cm³/mol. The van der Waals surface area contributed by atoms with Crippen LogP contribution in [0.5, 0.6) is 11.8 Å². The van der Waals surface area contributed by atoms with Crippen molar-refractivity contribution in [1.82, 2.24) is 10.1 Å². The van der Waals surface area contributed by atoms with Gasteiger partial charge in [-0.3, -0.25) is 0 Å². The van der Waals surface area contributed by atoms with Gasteiger partial charge in [0.25, 0.3) is 5.88 Å². The Morgan fingerprint density at radius 3 is 2.56 bits per heavy atom. The highest BCUT2D eigenvalue weighted by molar-refractivity contribution is 5.57. The van der Waals surface area contributed by atoms with Crippen molar-refractivity contribution in [2.75, 3.05) is 0 Å². The number of hydrogen-bond acceptors (Lipinski definition) is 5. The molecule has 2 heterocycles. The highest BCUT2D eigenvalue weighted by atomic mass is 16.5. The Morgan fingerprint density at radius 1 is 1.16 bits per heavy atom. The third-order valence-corrected chi connectivity index (χ3v) is 4.76. The smallest absolute Gasteiger partial charge is 0.252 e. The van der Waals surface area contributed by atoms with E-state index in [1.165, 1.54) is 17.2 Å². The first-order valence-electron chi connectivity index (χ1n) is 8.59. The quantitative estimate of drug-likeness (QED) is 0.751. The van der Waals surface area contributed by atoms with Gasteiger partial charge in [0.1, 0.15) is 6.10 Å². The lowest BCUT2D eigenvalue weighted by atomic mass is 9.77.